The number of hydrogen-bond acceptors (Lipinski definition) is 3. The van der Waals surface area contributed by atoms with Crippen LogP contribution in [0.5, 0.6) is 0 Å². The van der Waals surface area contributed by atoms with Gasteiger partial charge in [-0.25, -0.2) is 0 Å². The smallest absolute Gasteiger partial charge is 0.181 e. The van der Waals surface area contributed by atoms with Gasteiger partial charge in [-0.2, -0.15) is 0 Å². The van der Waals surface area contributed by atoms with Crippen LogP contribution in [0, 0.1) is 5.41 Å². The highest BCUT2D eigenvalue weighted by Crippen LogP contribution is 2.46. The van der Waals surface area contributed by atoms with Crippen molar-refractivity contribution in [1.82, 2.24) is 0 Å². The first-order valence-corrected chi connectivity index (χ1v) is 6.50. The molecule has 0 radical (unpaired) electrons. The number of carbonyl (C=O) groups excluding carboxylic acids is 1. The van der Waals surface area contributed by atoms with Crippen molar-refractivity contribution in [3.05, 3.63) is 23.8 Å². The lowest BCUT2D eigenvalue weighted by molar-refractivity contribution is -0.111. The van der Waals surface area contributed by atoms with E-state index in [9.17, 15) is 9.90 Å². The summed E-state index contributed by atoms with van der Waals surface area (Å²) in [5.74, 6) is -0.0243. The molecular weight excluding hydrogens is 228 g/mol. The number of rotatable bonds is 0. The van der Waals surface area contributed by atoms with Crippen molar-refractivity contribution in [1.29, 1.82) is 0 Å². The van der Waals surface area contributed by atoms with Crippen molar-refractivity contribution in [3.63, 3.8) is 0 Å². The maximum Gasteiger partial charge on any atom is 0.181 e. The van der Waals surface area contributed by atoms with Crippen LogP contribution in [0.4, 0.5) is 0 Å². The normalized spacial score (nSPS) is 44.3. The Hall–Kier alpha value is -0.930. The van der Waals surface area contributed by atoms with E-state index in [0.717, 1.165) is 6.42 Å². The highest BCUT2D eigenvalue weighted by molar-refractivity contribution is 6.03. The van der Waals surface area contributed by atoms with Crippen LogP contribution >= 0.6 is 0 Å². The van der Waals surface area contributed by atoms with E-state index in [1.165, 1.54) is 0 Å². The molecule has 1 aliphatic heterocycles. The Balaban J connectivity index is 2.27. The molecule has 1 N–H and O–H groups in total. The number of hydrogen-bond donors (Lipinski definition) is 1. The largest absolute Gasteiger partial charge is 0.389 e. The van der Waals surface area contributed by atoms with Gasteiger partial charge in [-0.1, -0.05) is 19.9 Å². The topological polar surface area (TPSA) is 49.8 Å². The second-order valence-electron chi connectivity index (χ2n) is 6.43. The molecule has 18 heavy (non-hydrogen) atoms. The summed E-state index contributed by atoms with van der Waals surface area (Å²) in [6.07, 6.45) is 6.19. The first-order valence-electron chi connectivity index (χ1n) is 6.50. The number of ether oxygens (including phenoxy) is 1. The molecule has 3 heteroatoms. The van der Waals surface area contributed by atoms with E-state index in [1.54, 1.807) is 19.1 Å². The third-order valence-corrected chi connectivity index (χ3v) is 3.88. The van der Waals surface area contributed by atoms with Crippen molar-refractivity contribution in [3.8, 4) is 0 Å². The van der Waals surface area contributed by atoms with Crippen LogP contribution < -0.4 is 0 Å². The maximum absolute atomic E-state index is 11.9. The average molecular weight is 250 g/mol. The molecule has 1 heterocycles. The maximum atomic E-state index is 11.9. The van der Waals surface area contributed by atoms with E-state index in [0.29, 0.717) is 12.0 Å². The Morgan fingerprint density at radius 1 is 1.33 bits per heavy atom. The van der Waals surface area contributed by atoms with E-state index in [1.807, 2.05) is 13.0 Å². The molecule has 2 rings (SSSR count). The minimum absolute atomic E-state index is 0.0243. The Labute approximate surface area is 109 Å². The minimum Gasteiger partial charge on any atom is -0.389 e. The first kappa shape index (κ1) is 13.5. The molecule has 0 saturated carbocycles. The average Bonchev–Trinajstić information content (AvgIpc) is 2.82. The third-order valence-electron chi connectivity index (χ3n) is 3.88. The van der Waals surface area contributed by atoms with Crippen molar-refractivity contribution in [2.75, 3.05) is 0 Å². The zero-order valence-corrected chi connectivity index (χ0v) is 11.6. The summed E-state index contributed by atoms with van der Waals surface area (Å²) in [6, 6.07) is 0. The minimum atomic E-state index is -0.612. The molecule has 0 bridgehead atoms. The zero-order chi connectivity index (χ0) is 13.6. The predicted molar refractivity (Wildman–Crippen MR) is 70.2 cm³/mol. The Bertz CT molecular complexity index is 419. The molecule has 0 aromatic rings. The fraction of sp³-hybridized carbons (Fsp3) is 0.667. The Morgan fingerprint density at radius 3 is 2.67 bits per heavy atom. The summed E-state index contributed by atoms with van der Waals surface area (Å²) < 4.78 is 5.74. The van der Waals surface area contributed by atoms with Crippen LogP contribution in [-0.4, -0.2) is 28.7 Å². The van der Waals surface area contributed by atoms with E-state index in [4.69, 9.17) is 4.74 Å². The summed E-state index contributed by atoms with van der Waals surface area (Å²) >= 11 is 0. The molecule has 0 spiro atoms. The standard InChI is InChI=1S/C15H22O3/c1-10-7-11(16)8-15(4)13(18-15)9-14(2,3)6-5-12(10)17/h5-7,11,13,16H,8-9H2,1-4H3/b6-5+,10-7-/t11-,13-,15+/m0/s1. The van der Waals surface area contributed by atoms with E-state index in [2.05, 4.69) is 13.8 Å². The molecular formula is C15H22O3. The molecule has 0 unspecified atom stereocenters. The molecule has 1 fully saturated rings. The van der Waals surface area contributed by atoms with Crippen LogP contribution in [0.15, 0.2) is 23.8 Å². The van der Waals surface area contributed by atoms with Gasteiger partial charge in [0.1, 0.15) is 0 Å². The van der Waals surface area contributed by atoms with Crippen molar-refractivity contribution >= 4 is 5.78 Å². The van der Waals surface area contributed by atoms with E-state index in [-0.39, 0.29) is 22.9 Å². The van der Waals surface area contributed by atoms with Gasteiger partial charge in [0.2, 0.25) is 0 Å². The van der Waals surface area contributed by atoms with Crippen LogP contribution in [-0.2, 0) is 9.53 Å². The number of aliphatic hydroxyl groups excluding tert-OH is 1. The molecule has 3 atom stereocenters. The number of aliphatic hydroxyl groups is 1. The lowest BCUT2D eigenvalue weighted by Crippen LogP contribution is -2.21. The van der Waals surface area contributed by atoms with Gasteiger partial charge >= 0.3 is 0 Å². The van der Waals surface area contributed by atoms with Crippen LogP contribution in [0.3, 0.4) is 0 Å². The van der Waals surface area contributed by atoms with Gasteiger partial charge in [0.15, 0.2) is 5.78 Å². The lowest BCUT2D eigenvalue weighted by Gasteiger charge is -2.19. The molecule has 3 nitrogen and oxygen atoms in total. The van der Waals surface area contributed by atoms with Gasteiger partial charge in [0.25, 0.3) is 0 Å². The van der Waals surface area contributed by atoms with Crippen molar-refractivity contribution in [2.24, 2.45) is 5.41 Å². The molecule has 0 aromatic carbocycles. The van der Waals surface area contributed by atoms with Gasteiger partial charge in [-0.05, 0) is 43.4 Å². The lowest BCUT2D eigenvalue weighted by atomic mass is 9.83. The van der Waals surface area contributed by atoms with Gasteiger partial charge in [0, 0.05) is 6.42 Å². The molecule has 1 saturated heterocycles. The molecule has 0 aromatic heterocycles. The summed E-state index contributed by atoms with van der Waals surface area (Å²) in [7, 11) is 0. The summed E-state index contributed by atoms with van der Waals surface area (Å²) in [5.41, 5.74) is 0.291. The Kier molecular flexibility index (Phi) is 3.24. The summed E-state index contributed by atoms with van der Waals surface area (Å²) in [5, 5.41) is 9.97. The second kappa shape index (κ2) is 4.32. The quantitative estimate of drug-likeness (QED) is 0.672. The number of allylic oxidation sites excluding steroid dienone is 3. The van der Waals surface area contributed by atoms with Gasteiger partial charge in [0.05, 0.1) is 17.8 Å². The van der Waals surface area contributed by atoms with Gasteiger partial charge in [-0.15, -0.1) is 0 Å². The van der Waals surface area contributed by atoms with Crippen LogP contribution in [0.25, 0.3) is 0 Å². The van der Waals surface area contributed by atoms with Crippen molar-refractivity contribution < 1.29 is 14.6 Å². The van der Waals surface area contributed by atoms with E-state index < -0.39 is 6.10 Å². The van der Waals surface area contributed by atoms with Crippen LogP contribution in [0.1, 0.15) is 40.5 Å². The number of ketones is 1. The number of epoxide rings is 1. The molecule has 1 aliphatic carbocycles. The van der Waals surface area contributed by atoms with Crippen molar-refractivity contribution in [2.45, 2.75) is 58.3 Å². The number of carbonyl (C=O) groups is 1. The van der Waals surface area contributed by atoms with Gasteiger partial charge < -0.3 is 9.84 Å². The summed E-state index contributed by atoms with van der Waals surface area (Å²) in [6.45, 7) is 7.98. The fourth-order valence-corrected chi connectivity index (χ4v) is 2.55. The zero-order valence-electron chi connectivity index (χ0n) is 11.6. The predicted octanol–water partition coefficient (Wildman–Crippen LogP) is 2.40. The Morgan fingerprint density at radius 2 is 2.00 bits per heavy atom. The highest BCUT2D eigenvalue weighted by Gasteiger charge is 2.54. The number of fused-ring (bicyclic) bond motifs is 1. The molecule has 2 aliphatic rings. The monoisotopic (exact) mass is 250 g/mol. The van der Waals surface area contributed by atoms with E-state index >= 15 is 0 Å². The first-order chi connectivity index (χ1) is 8.22. The molecule has 0 amide bonds. The van der Waals surface area contributed by atoms with Crippen LogP contribution in [0.2, 0.25) is 0 Å². The molecule has 100 valence electrons. The highest BCUT2D eigenvalue weighted by atomic mass is 16.6. The fourth-order valence-electron chi connectivity index (χ4n) is 2.55. The third kappa shape index (κ3) is 2.90. The van der Waals surface area contributed by atoms with Gasteiger partial charge in [-0.3, -0.25) is 4.79 Å². The SMILES string of the molecule is C/C1=C/[C@H](O)C[C@@]2(C)O[C@H]2CC(C)(C)/C=C/C1=O. The second-order valence-corrected chi connectivity index (χ2v) is 6.43. The summed E-state index contributed by atoms with van der Waals surface area (Å²) in [4.78, 5) is 11.9.